The van der Waals surface area contributed by atoms with Gasteiger partial charge in [0.05, 0.1) is 0 Å². The summed E-state index contributed by atoms with van der Waals surface area (Å²) in [7, 11) is 0. The number of carbonyl (C=O) groups excluding carboxylic acids is 1. The first-order valence-electron chi connectivity index (χ1n) is 4.87. The highest BCUT2D eigenvalue weighted by atomic mass is 19.3. The molecule has 2 N–H and O–H groups in total. The van der Waals surface area contributed by atoms with Crippen LogP contribution in [0.4, 0.5) is 17.6 Å². The Labute approximate surface area is 104 Å². The van der Waals surface area contributed by atoms with Gasteiger partial charge in [-0.1, -0.05) is 6.07 Å². The monoisotopic (exact) mass is 280 g/mol. The Morgan fingerprint density at radius 2 is 2.00 bits per heavy atom. The van der Waals surface area contributed by atoms with Crippen LogP contribution < -0.4 is 5.32 Å². The Kier molecular flexibility index (Phi) is 4.41. The second-order valence-corrected chi connectivity index (χ2v) is 3.46. The molecule has 1 rings (SSSR count). The zero-order valence-corrected chi connectivity index (χ0v) is 9.24. The number of hydrogen-bond donors (Lipinski definition) is 2. The number of carbonyl (C=O) groups is 2. The quantitative estimate of drug-likeness (QED) is 0.797. The normalized spacial score (nSPS) is 11.4. The summed E-state index contributed by atoms with van der Waals surface area (Å²) in [5, 5.41) is 10.2. The summed E-state index contributed by atoms with van der Waals surface area (Å²) in [6.07, 6.45) is -3.07. The van der Waals surface area contributed by atoms with Crippen LogP contribution in [0.2, 0.25) is 0 Å². The van der Waals surface area contributed by atoms with Crippen LogP contribution in [0.5, 0.6) is 0 Å². The largest absolute Gasteiger partial charge is 0.477 e. The summed E-state index contributed by atoms with van der Waals surface area (Å²) >= 11 is 0. The van der Waals surface area contributed by atoms with Crippen LogP contribution in [0.15, 0.2) is 18.3 Å². The number of aromatic carboxylic acids is 1. The fraction of sp³-hybridized carbons (Fsp3) is 0.300. The second-order valence-electron chi connectivity index (χ2n) is 3.46. The lowest BCUT2D eigenvalue weighted by molar-refractivity contribution is -0.169. The summed E-state index contributed by atoms with van der Waals surface area (Å²) in [4.78, 5) is 24.7. The van der Waals surface area contributed by atoms with Crippen molar-refractivity contribution < 1.29 is 32.3 Å². The number of carboxylic acid groups (broad SMARTS) is 1. The molecule has 0 aliphatic rings. The Bertz CT molecular complexity index is 476. The molecule has 0 aliphatic carbocycles. The van der Waals surface area contributed by atoms with Crippen LogP contribution in [0.1, 0.15) is 16.1 Å². The first-order valence-corrected chi connectivity index (χ1v) is 4.87. The van der Waals surface area contributed by atoms with Gasteiger partial charge in [0, 0.05) is 12.7 Å². The number of rotatable bonds is 5. The summed E-state index contributed by atoms with van der Waals surface area (Å²) in [6.45, 7) is -0.464. The Hall–Kier alpha value is -2.19. The molecule has 1 aromatic rings. The van der Waals surface area contributed by atoms with E-state index in [0.717, 1.165) is 12.3 Å². The van der Waals surface area contributed by atoms with Crippen LogP contribution in [0, 0.1) is 0 Å². The number of aromatic nitrogens is 1. The van der Waals surface area contributed by atoms with Gasteiger partial charge >= 0.3 is 18.3 Å². The summed E-state index contributed by atoms with van der Waals surface area (Å²) in [6, 6.07) is 2.31. The highest BCUT2D eigenvalue weighted by molar-refractivity contribution is 5.85. The van der Waals surface area contributed by atoms with Crippen LogP contribution >= 0.6 is 0 Å². The van der Waals surface area contributed by atoms with Crippen molar-refractivity contribution in [2.24, 2.45) is 0 Å². The van der Waals surface area contributed by atoms with E-state index in [9.17, 15) is 27.2 Å². The molecule has 0 spiro atoms. The van der Waals surface area contributed by atoms with E-state index in [4.69, 9.17) is 5.11 Å². The number of nitrogens with zero attached hydrogens (tertiary/aromatic N) is 1. The van der Waals surface area contributed by atoms with Crippen LogP contribution in [-0.2, 0) is 11.3 Å². The van der Waals surface area contributed by atoms with Crippen molar-refractivity contribution in [1.82, 2.24) is 10.3 Å². The molecule has 0 bridgehead atoms. The number of alkyl halides is 4. The Balaban J connectivity index is 2.62. The zero-order chi connectivity index (χ0) is 14.6. The third kappa shape index (κ3) is 3.63. The molecule has 0 saturated carbocycles. The predicted molar refractivity (Wildman–Crippen MR) is 54.0 cm³/mol. The van der Waals surface area contributed by atoms with Crippen molar-refractivity contribution >= 4 is 11.9 Å². The first-order chi connectivity index (χ1) is 8.75. The molecule has 9 heteroatoms. The lowest BCUT2D eigenvalue weighted by Gasteiger charge is -2.14. The van der Waals surface area contributed by atoms with E-state index in [0.29, 0.717) is 0 Å². The highest BCUT2D eigenvalue weighted by Gasteiger charge is 2.48. The molecule has 1 heterocycles. The molecule has 0 aromatic carbocycles. The zero-order valence-electron chi connectivity index (χ0n) is 9.24. The topological polar surface area (TPSA) is 79.3 Å². The SMILES string of the molecule is O=C(O)c1ccc(CNC(=O)C(F)(F)C(F)F)cn1. The minimum absolute atomic E-state index is 0.198. The fourth-order valence-corrected chi connectivity index (χ4v) is 1.05. The highest BCUT2D eigenvalue weighted by Crippen LogP contribution is 2.22. The van der Waals surface area contributed by atoms with E-state index in [-0.39, 0.29) is 11.3 Å². The number of amides is 1. The van der Waals surface area contributed by atoms with Gasteiger partial charge in [-0.25, -0.2) is 18.6 Å². The van der Waals surface area contributed by atoms with Gasteiger partial charge in [-0.05, 0) is 11.6 Å². The maximum atomic E-state index is 12.6. The molecular formula is C10H8F4N2O3. The molecule has 0 radical (unpaired) electrons. The lowest BCUT2D eigenvalue weighted by atomic mass is 10.2. The van der Waals surface area contributed by atoms with Gasteiger partial charge in [0.25, 0.3) is 5.91 Å². The van der Waals surface area contributed by atoms with E-state index in [1.165, 1.54) is 6.07 Å². The molecule has 0 saturated heterocycles. The first kappa shape index (κ1) is 14.9. The van der Waals surface area contributed by atoms with Crippen LogP contribution in [0.3, 0.4) is 0 Å². The molecule has 0 unspecified atom stereocenters. The number of carboxylic acids is 1. The summed E-state index contributed by atoms with van der Waals surface area (Å²) < 4.78 is 48.8. The van der Waals surface area contributed by atoms with Crippen molar-refractivity contribution in [3.63, 3.8) is 0 Å². The molecule has 0 aliphatic heterocycles. The maximum Gasteiger partial charge on any atom is 0.383 e. The summed E-state index contributed by atoms with van der Waals surface area (Å²) in [5.74, 6) is -8.15. The second kappa shape index (κ2) is 5.63. The van der Waals surface area contributed by atoms with Crippen molar-refractivity contribution in [2.45, 2.75) is 18.9 Å². The van der Waals surface area contributed by atoms with Gasteiger partial charge < -0.3 is 10.4 Å². The number of halogens is 4. The Morgan fingerprint density at radius 1 is 1.37 bits per heavy atom. The van der Waals surface area contributed by atoms with E-state index >= 15 is 0 Å². The number of nitrogens with one attached hydrogen (secondary N) is 1. The van der Waals surface area contributed by atoms with Gasteiger partial charge in [0.1, 0.15) is 5.69 Å². The van der Waals surface area contributed by atoms with Gasteiger partial charge in [0.2, 0.25) is 0 Å². The van der Waals surface area contributed by atoms with Crippen molar-refractivity contribution in [3.05, 3.63) is 29.6 Å². The molecule has 1 aromatic heterocycles. The number of pyridine rings is 1. The lowest BCUT2D eigenvalue weighted by Crippen LogP contribution is -2.44. The Morgan fingerprint density at radius 3 is 2.42 bits per heavy atom. The third-order valence-corrected chi connectivity index (χ3v) is 2.07. The minimum atomic E-state index is -4.77. The average molecular weight is 280 g/mol. The molecule has 5 nitrogen and oxygen atoms in total. The van der Waals surface area contributed by atoms with E-state index in [1.54, 1.807) is 5.32 Å². The van der Waals surface area contributed by atoms with E-state index in [1.807, 2.05) is 0 Å². The van der Waals surface area contributed by atoms with Gasteiger partial charge in [-0.2, -0.15) is 8.78 Å². The van der Waals surface area contributed by atoms with Crippen molar-refractivity contribution in [3.8, 4) is 0 Å². The predicted octanol–water partition coefficient (Wildman–Crippen LogP) is 1.30. The maximum absolute atomic E-state index is 12.6. The van der Waals surface area contributed by atoms with Crippen molar-refractivity contribution in [2.75, 3.05) is 0 Å². The van der Waals surface area contributed by atoms with Gasteiger partial charge in [-0.3, -0.25) is 4.79 Å². The number of hydrogen-bond acceptors (Lipinski definition) is 3. The minimum Gasteiger partial charge on any atom is -0.477 e. The summed E-state index contributed by atoms with van der Waals surface area (Å²) in [5.41, 5.74) is -0.0728. The van der Waals surface area contributed by atoms with E-state index in [2.05, 4.69) is 4.98 Å². The fourth-order valence-electron chi connectivity index (χ4n) is 1.05. The van der Waals surface area contributed by atoms with Gasteiger partial charge in [0.15, 0.2) is 0 Å². The molecule has 19 heavy (non-hydrogen) atoms. The smallest absolute Gasteiger partial charge is 0.383 e. The van der Waals surface area contributed by atoms with Crippen LogP contribution in [0.25, 0.3) is 0 Å². The van der Waals surface area contributed by atoms with E-state index < -0.39 is 30.8 Å². The van der Waals surface area contributed by atoms with Crippen molar-refractivity contribution in [1.29, 1.82) is 0 Å². The van der Waals surface area contributed by atoms with Gasteiger partial charge in [-0.15, -0.1) is 0 Å². The standard InChI is InChI=1S/C10H8F4N2O3/c11-8(12)10(13,14)9(19)16-4-5-1-2-6(7(17)18)15-3-5/h1-3,8H,4H2,(H,16,19)(H,17,18). The van der Waals surface area contributed by atoms with Crippen LogP contribution in [-0.4, -0.2) is 34.3 Å². The molecular weight excluding hydrogens is 272 g/mol. The molecule has 0 atom stereocenters. The molecule has 0 fully saturated rings. The molecule has 104 valence electrons. The average Bonchev–Trinajstić information content (AvgIpc) is 2.36. The third-order valence-electron chi connectivity index (χ3n) is 2.07. The molecule has 1 amide bonds.